The van der Waals surface area contributed by atoms with Crippen molar-refractivity contribution in [1.82, 2.24) is 15.1 Å². The molecule has 2 aromatic rings. The first-order valence-corrected chi connectivity index (χ1v) is 8.84. The van der Waals surface area contributed by atoms with Crippen LogP contribution in [0, 0.1) is 16.7 Å². The SMILES string of the molecule is CC1(C)C2CCC1(C)C(NC(=O)c1ccn(-c3ccccc3)n1)C2. The van der Waals surface area contributed by atoms with Gasteiger partial charge in [-0.1, -0.05) is 39.0 Å². The lowest BCUT2D eigenvalue weighted by Gasteiger charge is -2.39. The summed E-state index contributed by atoms with van der Waals surface area (Å²) in [7, 11) is 0. The van der Waals surface area contributed by atoms with E-state index in [0.717, 1.165) is 18.0 Å². The number of fused-ring (bicyclic) bond motifs is 2. The van der Waals surface area contributed by atoms with Crippen LogP contribution in [0.2, 0.25) is 0 Å². The zero-order chi connectivity index (χ0) is 16.9. The Balaban J connectivity index is 1.51. The third kappa shape index (κ3) is 2.12. The number of hydrogen-bond donors (Lipinski definition) is 1. The molecule has 2 aliphatic carbocycles. The van der Waals surface area contributed by atoms with Crippen LogP contribution >= 0.6 is 0 Å². The number of hydrogen-bond acceptors (Lipinski definition) is 2. The second-order valence-electron chi connectivity index (χ2n) is 8.12. The molecule has 126 valence electrons. The van der Waals surface area contributed by atoms with Crippen molar-refractivity contribution >= 4 is 5.91 Å². The number of para-hydroxylation sites is 1. The molecule has 3 atom stereocenters. The summed E-state index contributed by atoms with van der Waals surface area (Å²) >= 11 is 0. The Labute approximate surface area is 143 Å². The molecule has 2 bridgehead atoms. The molecule has 0 spiro atoms. The molecule has 2 saturated carbocycles. The fraction of sp³-hybridized carbons (Fsp3) is 0.500. The quantitative estimate of drug-likeness (QED) is 0.933. The molecule has 1 N–H and O–H groups in total. The van der Waals surface area contributed by atoms with E-state index in [9.17, 15) is 4.79 Å². The Morgan fingerprint density at radius 2 is 1.96 bits per heavy atom. The third-order valence-electron chi connectivity index (χ3n) is 6.94. The van der Waals surface area contributed by atoms with E-state index in [1.165, 1.54) is 12.8 Å². The summed E-state index contributed by atoms with van der Waals surface area (Å²) in [5, 5.41) is 7.72. The molecule has 4 rings (SSSR count). The lowest BCUT2D eigenvalue weighted by atomic mass is 9.69. The predicted molar refractivity (Wildman–Crippen MR) is 94.0 cm³/mol. The van der Waals surface area contributed by atoms with Gasteiger partial charge in [0.05, 0.1) is 5.69 Å². The molecular formula is C20H25N3O. The van der Waals surface area contributed by atoms with Gasteiger partial charge in [-0.25, -0.2) is 4.68 Å². The molecule has 0 radical (unpaired) electrons. The van der Waals surface area contributed by atoms with Gasteiger partial charge in [-0.05, 0) is 54.2 Å². The van der Waals surface area contributed by atoms with Gasteiger partial charge >= 0.3 is 0 Å². The number of carbonyl (C=O) groups is 1. The van der Waals surface area contributed by atoms with E-state index >= 15 is 0 Å². The van der Waals surface area contributed by atoms with E-state index in [2.05, 4.69) is 31.2 Å². The Hall–Kier alpha value is -2.10. The average Bonchev–Trinajstić information content (AvgIpc) is 3.19. The van der Waals surface area contributed by atoms with Crippen molar-refractivity contribution in [2.45, 2.75) is 46.1 Å². The highest BCUT2D eigenvalue weighted by Gasteiger charge is 2.61. The van der Waals surface area contributed by atoms with E-state index < -0.39 is 0 Å². The van der Waals surface area contributed by atoms with Crippen LogP contribution in [0.3, 0.4) is 0 Å². The molecule has 4 heteroatoms. The zero-order valence-electron chi connectivity index (χ0n) is 14.6. The number of nitrogens with one attached hydrogen (secondary N) is 1. The molecule has 3 unspecified atom stereocenters. The number of carbonyl (C=O) groups excluding carboxylic acids is 1. The summed E-state index contributed by atoms with van der Waals surface area (Å²) < 4.78 is 1.75. The van der Waals surface area contributed by atoms with Gasteiger partial charge < -0.3 is 5.32 Å². The van der Waals surface area contributed by atoms with Crippen LogP contribution in [0.5, 0.6) is 0 Å². The zero-order valence-corrected chi connectivity index (χ0v) is 14.6. The summed E-state index contributed by atoms with van der Waals surface area (Å²) in [4.78, 5) is 12.7. The highest BCUT2D eigenvalue weighted by Crippen LogP contribution is 2.65. The Morgan fingerprint density at radius 1 is 1.21 bits per heavy atom. The smallest absolute Gasteiger partial charge is 0.272 e. The molecule has 4 nitrogen and oxygen atoms in total. The van der Waals surface area contributed by atoms with Crippen molar-refractivity contribution in [3.63, 3.8) is 0 Å². The minimum absolute atomic E-state index is 0.0562. The van der Waals surface area contributed by atoms with Crippen LogP contribution < -0.4 is 5.32 Å². The first kappa shape index (κ1) is 15.4. The standard InChI is InChI=1S/C20H25N3O/c1-19(2)14-9-11-20(19,3)17(13-14)21-18(24)16-10-12-23(22-16)15-7-5-4-6-8-15/h4-8,10,12,14,17H,9,11,13H2,1-3H3,(H,21,24). The summed E-state index contributed by atoms with van der Waals surface area (Å²) in [5.74, 6) is 0.661. The summed E-state index contributed by atoms with van der Waals surface area (Å²) in [6.45, 7) is 7.06. The van der Waals surface area contributed by atoms with Crippen molar-refractivity contribution in [2.24, 2.45) is 16.7 Å². The fourth-order valence-corrected chi connectivity index (χ4v) is 4.82. The van der Waals surface area contributed by atoms with Crippen molar-refractivity contribution in [1.29, 1.82) is 0 Å². The number of aromatic nitrogens is 2. The lowest BCUT2D eigenvalue weighted by molar-refractivity contribution is 0.0821. The van der Waals surface area contributed by atoms with Crippen molar-refractivity contribution in [3.8, 4) is 5.69 Å². The van der Waals surface area contributed by atoms with E-state index in [4.69, 9.17) is 0 Å². The van der Waals surface area contributed by atoms with E-state index in [-0.39, 0.29) is 17.4 Å². The fourth-order valence-electron chi connectivity index (χ4n) is 4.82. The molecule has 24 heavy (non-hydrogen) atoms. The first-order chi connectivity index (χ1) is 11.4. The van der Waals surface area contributed by atoms with E-state index in [0.29, 0.717) is 11.1 Å². The van der Waals surface area contributed by atoms with Crippen LogP contribution in [-0.4, -0.2) is 21.7 Å². The Morgan fingerprint density at radius 3 is 2.58 bits per heavy atom. The van der Waals surface area contributed by atoms with Crippen molar-refractivity contribution < 1.29 is 4.79 Å². The molecule has 1 heterocycles. The average molecular weight is 323 g/mol. The minimum atomic E-state index is -0.0562. The molecule has 2 fully saturated rings. The molecule has 1 aromatic carbocycles. The second kappa shape index (κ2) is 5.20. The summed E-state index contributed by atoms with van der Waals surface area (Å²) in [5.41, 5.74) is 1.94. The molecule has 2 aliphatic rings. The molecule has 1 amide bonds. The first-order valence-electron chi connectivity index (χ1n) is 8.84. The van der Waals surface area contributed by atoms with Gasteiger partial charge in [0, 0.05) is 12.2 Å². The monoisotopic (exact) mass is 323 g/mol. The molecule has 0 aliphatic heterocycles. The number of rotatable bonds is 3. The highest BCUT2D eigenvalue weighted by molar-refractivity contribution is 5.92. The van der Waals surface area contributed by atoms with Gasteiger partial charge in [0.25, 0.3) is 5.91 Å². The predicted octanol–water partition coefficient (Wildman–Crippen LogP) is 3.82. The van der Waals surface area contributed by atoms with Gasteiger partial charge in [-0.15, -0.1) is 0 Å². The van der Waals surface area contributed by atoms with Crippen LogP contribution in [0.1, 0.15) is 50.5 Å². The normalized spacial score (nSPS) is 30.5. The van der Waals surface area contributed by atoms with Gasteiger partial charge in [0.2, 0.25) is 0 Å². The minimum Gasteiger partial charge on any atom is -0.347 e. The topological polar surface area (TPSA) is 46.9 Å². The maximum atomic E-state index is 12.7. The van der Waals surface area contributed by atoms with Crippen LogP contribution in [0.4, 0.5) is 0 Å². The second-order valence-corrected chi connectivity index (χ2v) is 8.12. The van der Waals surface area contributed by atoms with Crippen molar-refractivity contribution in [3.05, 3.63) is 48.3 Å². The largest absolute Gasteiger partial charge is 0.347 e. The van der Waals surface area contributed by atoms with Gasteiger partial charge in [0.1, 0.15) is 0 Å². The molecular weight excluding hydrogens is 298 g/mol. The number of amides is 1. The Kier molecular flexibility index (Phi) is 3.34. The number of nitrogens with zero attached hydrogens (tertiary/aromatic N) is 2. The van der Waals surface area contributed by atoms with E-state index in [1.54, 1.807) is 10.7 Å². The maximum absolute atomic E-state index is 12.7. The van der Waals surface area contributed by atoms with Crippen LogP contribution in [-0.2, 0) is 0 Å². The summed E-state index contributed by atoms with van der Waals surface area (Å²) in [6.07, 6.45) is 5.43. The van der Waals surface area contributed by atoms with Crippen molar-refractivity contribution in [2.75, 3.05) is 0 Å². The molecule has 0 saturated heterocycles. The van der Waals surface area contributed by atoms with Gasteiger partial charge in [0.15, 0.2) is 5.69 Å². The summed E-state index contributed by atoms with van der Waals surface area (Å²) in [6, 6.07) is 11.9. The lowest BCUT2D eigenvalue weighted by Crippen LogP contribution is -2.47. The number of benzene rings is 1. The Bertz CT molecular complexity index is 764. The van der Waals surface area contributed by atoms with Gasteiger partial charge in [-0.3, -0.25) is 4.79 Å². The van der Waals surface area contributed by atoms with E-state index in [1.807, 2.05) is 36.5 Å². The van der Waals surface area contributed by atoms with Gasteiger partial charge in [-0.2, -0.15) is 5.10 Å². The van der Waals surface area contributed by atoms with Crippen LogP contribution in [0.25, 0.3) is 5.69 Å². The third-order valence-corrected chi connectivity index (χ3v) is 6.94. The highest BCUT2D eigenvalue weighted by atomic mass is 16.2. The maximum Gasteiger partial charge on any atom is 0.272 e. The molecule has 1 aromatic heterocycles. The van der Waals surface area contributed by atoms with Crippen LogP contribution in [0.15, 0.2) is 42.6 Å².